The van der Waals surface area contributed by atoms with Gasteiger partial charge in [0.1, 0.15) is 0 Å². The molecule has 0 bridgehead atoms. The van der Waals surface area contributed by atoms with E-state index in [0.29, 0.717) is 5.56 Å². The minimum atomic E-state index is -1.21. The van der Waals surface area contributed by atoms with Gasteiger partial charge in [-0.25, -0.2) is 14.8 Å². The maximum absolute atomic E-state index is 11.1. The van der Waals surface area contributed by atoms with Gasteiger partial charge in [0.2, 0.25) is 0 Å². The SMILES string of the molecule is COc1c(N)nc(-c2ccc(C)cc2)nc1C(=O)O. The fourth-order valence-corrected chi connectivity index (χ4v) is 1.65. The van der Waals surface area contributed by atoms with E-state index in [1.807, 2.05) is 31.2 Å². The summed E-state index contributed by atoms with van der Waals surface area (Å²) in [6.07, 6.45) is 0. The lowest BCUT2D eigenvalue weighted by Crippen LogP contribution is -2.09. The van der Waals surface area contributed by atoms with Crippen molar-refractivity contribution in [3.05, 3.63) is 35.5 Å². The van der Waals surface area contributed by atoms with Crippen LogP contribution in [0.15, 0.2) is 24.3 Å². The summed E-state index contributed by atoms with van der Waals surface area (Å²) in [6, 6.07) is 7.39. The highest BCUT2D eigenvalue weighted by molar-refractivity contribution is 5.91. The second kappa shape index (κ2) is 4.93. The van der Waals surface area contributed by atoms with E-state index >= 15 is 0 Å². The molecule has 2 rings (SSSR count). The van der Waals surface area contributed by atoms with Gasteiger partial charge in [0.25, 0.3) is 0 Å². The third-order valence-electron chi connectivity index (χ3n) is 2.61. The van der Waals surface area contributed by atoms with Crippen LogP contribution >= 0.6 is 0 Å². The molecule has 19 heavy (non-hydrogen) atoms. The first-order chi connectivity index (χ1) is 9.02. The minimum absolute atomic E-state index is 0.00507. The quantitative estimate of drug-likeness (QED) is 0.871. The zero-order valence-corrected chi connectivity index (χ0v) is 10.5. The zero-order chi connectivity index (χ0) is 14.0. The van der Waals surface area contributed by atoms with E-state index in [1.165, 1.54) is 7.11 Å². The van der Waals surface area contributed by atoms with Crippen LogP contribution in [-0.4, -0.2) is 28.2 Å². The van der Waals surface area contributed by atoms with Crippen LogP contribution in [0.25, 0.3) is 11.4 Å². The topological polar surface area (TPSA) is 98.3 Å². The first-order valence-electron chi connectivity index (χ1n) is 5.54. The molecule has 0 atom stereocenters. The number of hydrogen-bond acceptors (Lipinski definition) is 5. The summed E-state index contributed by atoms with van der Waals surface area (Å²) < 4.78 is 4.92. The number of anilines is 1. The second-order valence-corrected chi connectivity index (χ2v) is 3.99. The van der Waals surface area contributed by atoms with Crippen molar-refractivity contribution in [2.75, 3.05) is 12.8 Å². The molecule has 0 aliphatic rings. The number of carbonyl (C=O) groups is 1. The number of carboxylic acids is 1. The first kappa shape index (κ1) is 12.8. The van der Waals surface area contributed by atoms with Gasteiger partial charge in [0, 0.05) is 5.56 Å². The summed E-state index contributed by atoms with van der Waals surface area (Å²) in [6.45, 7) is 1.95. The number of carboxylic acid groups (broad SMARTS) is 1. The molecule has 0 spiro atoms. The monoisotopic (exact) mass is 259 g/mol. The summed E-state index contributed by atoms with van der Waals surface area (Å²) in [4.78, 5) is 19.2. The van der Waals surface area contributed by atoms with Crippen molar-refractivity contribution in [1.82, 2.24) is 9.97 Å². The minimum Gasteiger partial charge on any atom is -0.491 e. The molecule has 1 heterocycles. The first-order valence-corrected chi connectivity index (χ1v) is 5.54. The summed E-state index contributed by atoms with van der Waals surface area (Å²) in [5.41, 5.74) is 7.24. The Labute approximate surface area is 109 Å². The van der Waals surface area contributed by atoms with Gasteiger partial charge in [-0.1, -0.05) is 29.8 Å². The molecular formula is C13H13N3O3. The van der Waals surface area contributed by atoms with Crippen molar-refractivity contribution in [2.24, 2.45) is 0 Å². The molecular weight excluding hydrogens is 246 g/mol. The Morgan fingerprint density at radius 1 is 1.26 bits per heavy atom. The normalized spacial score (nSPS) is 10.2. The molecule has 0 aliphatic carbocycles. The Hall–Kier alpha value is -2.63. The molecule has 1 aromatic carbocycles. The molecule has 0 unspecified atom stereocenters. The van der Waals surface area contributed by atoms with Gasteiger partial charge in [-0.2, -0.15) is 0 Å². The van der Waals surface area contributed by atoms with E-state index in [2.05, 4.69) is 9.97 Å². The molecule has 0 saturated carbocycles. The lowest BCUT2D eigenvalue weighted by Gasteiger charge is -2.09. The lowest BCUT2D eigenvalue weighted by molar-refractivity contribution is 0.0686. The Morgan fingerprint density at radius 2 is 1.89 bits per heavy atom. The number of hydrogen-bond donors (Lipinski definition) is 2. The molecule has 3 N–H and O–H groups in total. The Bertz CT molecular complexity index is 624. The molecule has 1 aromatic heterocycles. The van der Waals surface area contributed by atoms with Gasteiger partial charge in [0.15, 0.2) is 23.1 Å². The largest absolute Gasteiger partial charge is 0.491 e. The van der Waals surface area contributed by atoms with Crippen LogP contribution < -0.4 is 10.5 Å². The molecule has 2 aromatic rings. The highest BCUT2D eigenvalue weighted by Crippen LogP contribution is 2.26. The van der Waals surface area contributed by atoms with E-state index in [4.69, 9.17) is 15.6 Å². The van der Waals surface area contributed by atoms with Crippen molar-refractivity contribution >= 4 is 11.8 Å². The molecule has 0 fully saturated rings. The number of methoxy groups -OCH3 is 1. The molecule has 6 heteroatoms. The molecule has 6 nitrogen and oxygen atoms in total. The summed E-state index contributed by atoms with van der Waals surface area (Å²) in [5, 5.41) is 9.11. The summed E-state index contributed by atoms with van der Waals surface area (Å²) in [7, 11) is 1.33. The van der Waals surface area contributed by atoms with Gasteiger partial charge >= 0.3 is 5.97 Å². The highest BCUT2D eigenvalue weighted by Gasteiger charge is 2.19. The van der Waals surface area contributed by atoms with Crippen molar-refractivity contribution in [1.29, 1.82) is 0 Å². The Kier molecular flexibility index (Phi) is 3.33. The highest BCUT2D eigenvalue weighted by atomic mass is 16.5. The van der Waals surface area contributed by atoms with Gasteiger partial charge in [-0.05, 0) is 6.92 Å². The van der Waals surface area contributed by atoms with Crippen LogP contribution in [0.3, 0.4) is 0 Å². The smallest absolute Gasteiger partial charge is 0.358 e. The summed E-state index contributed by atoms with van der Waals surface area (Å²) in [5.74, 6) is -0.969. The second-order valence-electron chi connectivity index (χ2n) is 3.99. The van der Waals surface area contributed by atoms with Crippen LogP contribution in [0.1, 0.15) is 16.1 Å². The van der Waals surface area contributed by atoms with Crippen LogP contribution in [-0.2, 0) is 0 Å². The van der Waals surface area contributed by atoms with E-state index in [9.17, 15) is 4.79 Å². The van der Waals surface area contributed by atoms with E-state index < -0.39 is 5.97 Å². The third kappa shape index (κ3) is 2.47. The number of nitrogens with two attached hydrogens (primary N) is 1. The molecule has 98 valence electrons. The Balaban J connectivity index is 2.59. The Morgan fingerprint density at radius 3 is 2.42 bits per heavy atom. The van der Waals surface area contributed by atoms with Crippen molar-refractivity contribution in [2.45, 2.75) is 6.92 Å². The number of benzene rings is 1. The van der Waals surface area contributed by atoms with E-state index in [1.54, 1.807) is 0 Å². The van der Waals surface area contributed by atoms with Crippen LogP contribution in [0.4, 0.5) is 5.82 Å². The fourth-order valence-electron chi connectivity index (χ4n) is 1.65. The van der Waals surface area contributed by atoms with Gasteiger partial charge in [-0.15, -0.1) is 0 Å². The predicted molar refractivity (Wildman–Crippen MR) is 70.1 cm³/mol. The number of nitrogens with zero attached hydrogens (tertiary/aromatic N) is 2. The number of ether oxygens (including phenoxy) is 1. The van der Waals surface area contributed by atoms with Crippen molar-refractivity contribution in [3.8, 4) is 17.1 Å². The standard InChI is InChI=1S/C13H13N3O3/c1-7-3-5-8(6-4-7)12-15-9(13(17)18)10(19-2)11(14)16-12/h3-6H,1-2H3,(H,17,18)(H2,14,15,16). The van der Waals surface area contributed by atoms with Crippen LogP contribution in [0.2, 0.25) is 0 Å². The van der Waals surface area contributed by atoms with Crippen molar-refractivity contribution < 1.29 is 14.6 Å². The predicted octanol–water partition coefficient (Wildman–Crippen LogP) is 1.74. The molecule has 0 saturated heterocycles. The van der Waals surface area contributed by atoms with Crippen molar-refractivity contribution in [3.63, 3.8) is 0 Å². The third-order valence-corrected chi connectivity index (χ3v) is 2.61. The maximum atomic E-state index is 11.1. The fraction of sp³-hybridized carbons (Fsp3) is 0.154. The molecule has 0 amide bonds. The van der Waals surface area contributed by atoms with Crippen LogP contribution in [0, 0.1) is 6.92 Å². The average Bonchev–Trinajstić information content (AvgIpc) is 2.38. The number of rotatable bonds is 3. The average molecular weight is 259 g/mol. The van der Waals surface area contributed by atoms with E-state index in [0.717, 1.165) is 5.56 Å². The number of aryl methyl sites for hydroxylation is 1. The van der Waals surface area contributed by atoms with E-state index in [-0.39, 0.29) is 23.1 Å². The summed E-state index contributed by atoms with van der Waals surface area (Å²) >= 11 is 0. The zero-order valence-electron chi connectivity index (χ0n) is 10.5. The lowest BCUT2D eigenvalue weighted by atomic mass is 10.1. The van der Waals surface area contributed by atoms with Gasteiger partial charge in [-0.3, -0.25) is 0 Å². The van der Waals surface area contributed by atoms with Gasteiger partial charge < -0.3 is 15.6 Å². The number of aromatic carboxylic acids is 1. The maximum Gasteiger partial charge on any atom is 0.358 e. The number of aromatic nitrogens is 2. The molecule has 0 aliphatic heterocycles. The van der Waals surface area contributed by atoms with Gasteiger partial charge in [0.05, 0.1) is 7.11 Å². The van der Waals surface area contributed by atoms with Crippen LogP contribution in [0.5, 0.6) is 5.75 Å². The molecule has 0 radical (unpaired) electrons. The number of nitrogen functional groups attached to an aromatic ring is 1.